The van der Waals surface area contributed by atoms with Crippen LogP contribution in [0.3, 0.4) is 0 Å². The maximum absolute atomic E-state index is 12.7. The van der Waals surface area contributed by atoms with Gasteiger partial charge >= 0.3 is 0 Å². The number of nitrogens with zero attached hydrogens (tertiary/aromatic N) is 1. The fraction of sp³-hybridized carbons (Fsp3) is 0.778. The Hall–Kier alpha value is -0.970. The lowest BCUT2D eigenvalue weighted by molar-refractivity contribution is -0.122. The quantitative estimate of drug-likeness (QED) is 0.795. The number of carbonyl (C=O) groups is 1. The average molecular weight is 339 g/mol. The number of aryl methyl sites for hydroxylation is 2. The molecule has 1 aliphatic rings. The van der Waals surface area contributed by atoms with Crippen LogP contribution in [0.5, 0.6) is 0 Å². The van der Waals surface area contributed by atoms with Crippen LogP contribution in [0, 0.1) is 19.8 Å². The van der Waals surface area contributed by atoms with E-state index in [9.17, 15) is 4.79 Å². The molecule has 5 heteroatoms. The van der Waals surface area contributed by atoms with Crippen molar-refractivity contribution < 1.29 is 9.21 Å². The van der Waals surface area contributed by atoms with Gasteiger partial charge in [0.2, 0.25) is 5.91 Å². The van der Waals surface area contributed by atoms with Crippen molar-refractivity contribution in [2.24, 2.45) is 5.92 Å². The number of oxazole rings is 1. The molecule has 0 bridgehead atoms. The Morgan fingerprint density at radius 1 is 1.17 bits per heavy atom. The molecule has 0 saturated heterocycles. The van der Waals surface area contributed by atoms with E-state index in [0.717, 1.165) is 24.3 Å². The smallest absolute Gasteiger partial charge is 0.256 e. The van der Waals surface area contributed by atoms with E-state index in [-0.39, 0.29) is 17.1 Å². The topological polar surface area (TPSA) is 55.1 Å². The highest BCUT2D eigenvalue weighted by atomic mass is 32.2. The molecule has 1 aromatic heterocycles. The number of aromatic nitrogens is 1. The van der Waals surface area contributed by atoms with E-state index in [1.165, 1.54) is 43.9 Å². The van der Waals surface area contributed by atoms with Gasteiger partial charge in [0.1, 0.15) is 5.76 Å². The molecule has 1 amide bonds. The normalized spacial score (nSPS) is 18.5. The first kappa shape index (κ1) is 18.4. The van der Waals surface area contributed by atoms with Gasteiger partial charge in [-0.3, -0.25) is 4.79 Å². The minimum atomic E-state index is -0.155. The summed E-state index contributed by atoms with van der Waals surface area (Å²) in [5.74, 6) is 1.19. The second-order valence-corrected chi connectivity index (χ2v) is 8.05. The van der Waals surface area contributed by atoms with E-state index in [1.807, 2.05) is 13.8 Å². The molecule has 0 aliphatic heterocycles. The molecule has 1 N–H and O–H groups in total. The molecule has 130 valence electrons. The zero-order valence-electron chi connectivity index (χ0n) is 14.9. The van der Waals surface area contributed by atoms with E-state index < -0.39 is 0 Å². The van der Waals surface area contributed by atoms with Crippen molar-refractivity contribution >= 4 is 17.7 Å². The van der Waals surface area contributed by atoms with Gasteiger partial charge in [0.15, 0.2) is 0 Å². The molecule has 0 aromatic carbocycles. The van der Waals surface area contributed by atoms with Crippen LogP contribution in [-0.4, -0.2) is 22.2 Å². The van der Waals surface area contributed by atoms with Crippen molar-refractivity contribution in [3.05, 3.63) is 11.5 Å². The Labute approximate surface area is 144 Å². The molecule has 1 aromatic rings. The second-order valence-electron chi connectivity index (χ2n) is 6.95. The molecule has 1 fully saturated rings. The summed E-state index contributed by atoms with van der Waals surface area (Å²) in [6.45, 7) is 8.00. The number of hydrogen-bond acceptors (Lipinski definition) is 4. The van der Waals surface area contributed by atoms with Gasteiger partial charge in [0.25, 0.3) is 5.22 Å². The van der Waals surface area contributed by atoms with Crippen LogP contribution in [0.15, 0.2) is 9.64 Å². The standard InChI is InChI=1S/C18H30N2O2S/c1-12(2)16(23-18-19-13(3)14(4)22-18)17(21)20-15-10-8-6-5-7-9-11-15/h12,15-16H,5-11H2,1-4H3,(H,20,21)/t16-/m1/s1. The van der Waals surface area contributed by atoms with Crippen molar-refractivity contribution in [2.45, 2.75) is 89.2 Å². The van der Waals surface area contributed by atoms with E-state index in [1.54, 1.807) is 0 Å². The summed E-state index contributed by atoms with van der Waals surface area (Å²) in [5.41, 5.74) is 0.899. The van der Waals surface area contributed by atoms with Gasteiger partial charge in [-0.25, -0.2) is 4.98 Å². The molecule has 2 rings (SSSR count). The third-order valence-corrected chi connectivity index (χ3v) is 5.94. The molecule has 0 spiro atoms. The summed E-state index contributed by atoms with van der Waals surface area (Å²) < 4.78 is 5.64. The number of nitrogens with one attached hydrogen (secondary N) is 1. The van der Waals surface area contributed by atoms with Crippen LogP contribution in [0.4, 0.5) is 0 Å². The number of rotatable bonds is 5. The minimum Gasteiger partial charge on any atom is -0.437 e. The molecule has 1 atom stereocenters. The molecule has 1 aliphatic carbocycles. The van der Waals surface area contributed by atoms with E-state index in [0.29, 0.717) is 11.3 Å². The predicted molar refractivity (Wildman–Crippen MR) is 94.7 cm³/mol. The number of thioether (sulfide) groups is 1. The minimum absolute atomic E-state index is 0.129. The molecule has 1 saturated carbocycles. The zero-order chi connectivity index (χ0) is 16.8. The number of carbonyl (C=O) groups excluding carboxylic acids is 1. The highest BCUT2D eigenvalue weighted by molar-refractivity contribution is 8.00. The molecular formula is C18H30N2O2S. The van der Waals surface area contributed by atoms with Gasteiger partial charge in [0, 0.05) is 6.04 Å². The zero-order valence-corrected chi connectivity index (χ0v) is 15.7. The molecule has 0 unspecified atom stereocenters. The first-order valence-electron chi connectivity index (χ1n) is 8.88. The maximum Gasteiger partial charge on any atom is 0.256 e. The monoisotopic (exact) mass is 338 g/mol. The van der Waals surface area contributed by atoms with Gasteiger partial charge in [-0.1, -0.05) is 57.7 Å². The summed E-state index contributed by atoms with van der Waals surface area (Å²) in [5, 5.41) is 3.73. The fourth-order valence-electron chi connectivity index (χ4n) is 2.98. The molecule has 1 heterocycles. The second kappa shape index (κ2) is 8.76. The van der Waals surface area contributed by atoms with Gasteiger partial charge in [-0.05, 0) is 32.6 Å². The van der Waals surface area contributed by atoms with Crippen LogP contribution < -0.4 is 5.32 Å². The molecular weight excluding hydrogens is 308 g/mol. The summed E-state index contributed by atoms with van der Waals surface area (Å²) >= 11 is 1.45. The maximum atomic E-state index is 12.7. The lowest BCUT2D eigenvalue weighted by Gasteiger charge is -2.25. The van der Waals surface area contributed by atoms with Crippen molar-refractivity contribution in [1.29, 1.82) is 0 Å². The Morgan fingerprint density at radius 2 is 1.78 bits per heavy atom. The van der Waals surface area contributed by atoms with Crippen LogP contribution in [0.1, 0.15) is 70.2 Å². The highest BCUT2D eigenvalue weighted by Gasteiger charge is 2.27. The third-order valence-electron chi connectivity index (χ3n) is 4.55. The van der Waals surface area contributed by atoms with E-state index >= 15 is 0 Å². The van der Waals surface area contributed by atoms with Crippen molar-refractivity contribution in [3.8, 4) is 0 Å². The molecule has 4 nitrogen and oxygen atoms in total. The lowest BCUT2D eigenvalue weighted by Crippen LogP contribution is -2.42. The summed E-state index contributed by atoms with van der Waals surface area (Å²) in [4.78, 5) is 17.2. The average Bonchev–Trinajstić information content (AvgIpc) is 2.77. The van der Waals surface area contributed by atoms with E-state index in [2.05, 4.69) is 24.1 Å². The largest absolute Gasteiger partial charge is 0.437 e. The van der Waals surface area contributed by atoms with Crippen molar-refractivity contribution in [2.75, 3.05) is 0 Å². The van der Waals surface area contributed by atoms with Gasteiger partial charge in [-0.2, -0.15) is 0 Å². The first-order chi connectivity index (χ1) is 11.0. The van der Waals surface area contributed by atoms with Crippen molar-refractivity contribution in [3.63, 3.8) is 0 Å². The molecule has 0 radical (unpaired) electrons. The predicted octanol–water partition coefficient (Wildman–Crippen LogP) is 4.64. The highest BCUT2D eigenvalue weighted by Crippen LogP contribution is 2.29. The van der Waals surface area contributed by atoms with Gasteiger partial charge in [-0.15, -0.1) is 0 Å². The lowest BCUT2D eigenvalue weighted by atomic mass is 9.96. The van der Waals surface area contributed by atoms with Gasteiger partial charge < -0.3 is 9.73 Å². The summed E-state index contributed by atoms with van der Waals surface area (Å²) in [6, 6.07) is 0.331. The Bertz CT molecular complexity index is 486. The summed E-state index contributed by atoms with van der Waals surface area (Å²) in [6.07, 6.45) is 8.60. The SMILES string of the molecule is Cc1nc(S[C@@H](C(=O)NC2CCCCCCC2)C(C)C)oc1C. The third kappa shape index (κ3) is 5.55. The van der Waals surface area contributed by atoms with Crippen LogP contribution in [-0.2, 0) is 4.79 Å². The molecule has 23 heavy (non-hydrogen) atoms. The first-order valence-corrected chi connectivity index (χ1v) is 9.76. The van der Waals surface area contributed by atoms with Gasteiger partial charge in [0.05, 0.1) is 10.9 Å². The van der Waals surface area contributed by atoms with Crippen LogP contribution in [0.25, 0.3) is 0 Å². The Morgan fingerprint density at radius 3 is 2.30 bits per heavy atom. The number of amides is 1. The Balaban J connectivity index is 1.97. The van der Waals surface area contributed by atoms with Crippen LogP contribution >= 0.6 is 11.8 Å². The van der Waals surface area contributed by atoms with Crippen molar-refractivity contribution in [1.82, 2.24) is 10.3 Å². The van der Waals surface area contributed by atoms with E-state index in [4.69, 9.17) is 4.42 Å². The fourth-order valence-corrected chi connectivity index (χ4v) is 4.01. The van der Waals surface area contributed by atoms with Crippen LogP contribution in [0.2, 0.25) is 0 Å². The Kier molecular flexibility index (Phi) is 7.00. The number of hydrogen-bond donors (Lipinski definition) is 1. The summed E-state index contributed by atoms with van der Waals surface area (Å²) in [7, 11) is 0.